The zero-order chi connectivity index (χ0) is 9.54. The van der Waals surface area contributed by atoms with E-state index in [1.807, 2.05) is 0 Å². The molecule has 0 spiro atoms. The third kappa shape index (κ3) is 1.31. The van der Waals surface area contributed by atoms with Crippen molar-refractivity contribution in [3.63, 3.8) is 0 Å². The highest BCUT2D eigenvalue weighted by Gasteiger charge is 2.43. The molecule has 0 bridgehead atoms. The summed E-state index contributed by atoms with van der Waals surface area (Å²) >= 11 is 0. The van der Waals surface area contributed by atoms with Crippen LogP contribution in [0, 0.1) is 5.92 Å². The molecule has 3 fully saturated rings. The minimum atomic E-state index is 0.613. The summed E-state index contributed by atoms with van der Waals surface area (Å²) in [6.45, 7) is 3.28. The van der Waals surface area contributed by atoms with Crippen molar-refractivity contribution in [1.29, 1.82) is 0 Å². The first-order chi connectivity index (χ1) is 6.86. The van der Waals surface area contributed by atoms with E-state index in [9.17, 15) is 0 Å². The van der Waals surface area contributed by atoms with Crippen molar-refractivity contribution in [1.82, 2.24) is 4.90 Å². The number of hydrogen-bond acceptors (Lipinski definition) is 2. The van der Waals surface area contributed by atoms with Crippen LogP contribution in [0.5, 0.6) is 0 Å². The first-order valence-electron chi connectivity index (χ1n) is 6.23. The van der Waals surface area contributed by atoms with Crippen LogP contribution in [0.25, 0.3) is 0 Å². The molecular weight excluding hydrogens is 174 g/mol. The SMILES string of the molecule is C[C@@H]1CCC[C@H]2[C@@H]3CCC[C@@H]3OCN12. The highest BCUT2D eigenvalue weighted by Crippen LogP contribution is 2.41. The van der Waals surface area contributed by atoms with Gasteiger partial charge in [-0.15, -0.1) is 0 Å². The molecule has 2 saturated heterocycles. The molecule has 0 amide bonds. The lowest BCUT2D eigenvalue weighted by Crippen LogP contribution is -2.55. The van der Waals surface area contributed by atoms with Gasteiger partial charge in [0, 0.05) is 18.0 Å². The fourth-order valence-corrected chi connectivity index (χ4v) is 3.75. The van der Waals surface area contributed by atoms with Crippen LogP contribution in [0.15, 0.2) is 0 Å². The van der Waals surface area contributed by atoms with E-state index in [2.05, 4.69) is 11.8 Å². The Labute approximate surface area is 86.6 Å². The monoisotopic (exact) mass is 195 g/mol. The minimum absolute atomic E-state index is 0.613. The van der Waals surface area contributed by atoms with E-state index in [1.165, 1.54) is 38.5 Å². The summed E-state index contributed by atoms with van der Waals surface area (Å²) in [6, 6.07) is 1.62. The smallest absolute Gasteiger partial charge is 0.0998 e. The van der Waals surface area contributed by atoms with Crippen molar-refractivity contribution in [3.8, 4) is 0 Å². The normalized spacial score (nSPS) is 48.6. The standard InChI is InChI=1S/C12H21NO/c1-9-4-2-6-11-10-5-3-7-12(10)14-8-13(9)11/h9-12H,2-8H2,1H3/t9-,10+,11+,12+/m1/s1. The number of nitrogens with zero attached hydrogens (tertiary/aromatic N) is 1. The van der Waals surface area contributed by atoms with E-state index >= 15 is 0 Å². The summed E-state index contributed by atoms with van der Waals surface area (Å²) in [5, 5.41) is 0. The summed E-state index contributed by atoms with van der Waals surface area (Å²) in [7, 11) is 0. The Balaban J connectivity index is 1.79. The van der Waals surface area contributed by atoms with Crippen LogP contribution in [0.2, 0.25) is 0 Å². The average molecular weight is 195 g/mol. The fraction of sp³-hybridized carbons (Fsp3) is 1.00. The molecule has 0 N–H and O–H groups in total. The molecule has 4 atom stereocenters. The zero-order valence-corrected chi connectivity index (χ0v) is 9.11. The van der Waals surface area contributed by atoms with Crippen molar-refractivity contribution < 1.29 is 4.74 Å². The van der Waals surface area contributed by atoms with Gasteiger partial charge in [0.15, 0.2) is 0 Å². The summed E-state index contributed by atoms with van der Waals surface area (Å²) in [4.78, 5) is 2.62. The predicted molar refractivity (Wildman–Crippen MR) is 56.0 cm³/mol. The van der Waals surface area contributed by atoms with Gasteiger partial charge in [-0.1, -0.05) is 12.8 Å². The molecule has 0 unspecified atom stereocenters. The average Bonchev–Trinajstić information content (AvgIpc) is 2.66. The van der Waals surface area contributed by atoms with Gasteiger partial charge in [-0.25, -0.2) is 0 Å². The molecule has 1 aliphatic carbocycles. The molecule has 80 valence electrons. The number of piperidine rings is 1. The van der Waals surface area contributed by atoms with Crippen LogP contribution in [0.1, 0.15) is 45.4 Å². The van der Waals surface area contributed by atoms with Crippen molar-refractivity contribution in [3.05, 3.63) is 0 Å². The Morgan fingerprint density at radius 2 is 1.93 bits per heavy atom. The third-order valence-corrected chi connectivity index (χ3v) is 4.55. The second-order valence-electron chi connectivity index (χ2n) is 5.29. The molecule has 2 heteroatoms. The lowest BCUT2D eigenvalue weighted by Gasteiger charge is -2.48. The van der Waals surface area contributed by atoms with Crippen LogP contribution < -0.4 is 0 Å². The topological polar surface area (TPSA) is 12.5 Å². The van der Waals surface area contributed by atoms with Gasteiger partial charge in [0.2, 0.25) is 0 Å². The van der Waals surface area contributed by atoms with E-state index in [0.717, 1.165) is 24.7 Å². The van der Waals surface area contributed by atoms with Crippen LogP contribution in [0.3, 0.4) is 0 Å². The summed E-state index contributed by atoms with van der Waals surface area (Å²) in [5.74, 6) is 0.867. The Morgan fingerprint density at radius 1 is 1.07 bits per heavy atom. The summed E-state index contributed by atoms with van der Waals surface area (Å²) in [6.07, 6.45) is 8.98. The van der Waals surface area contributed by atoms with Gasteiger partial charge < -0.3 is 4.74 Å². The second kappa shape index (κ2) is 3.49. The van der Waals surface area contributed by atoms with Crippen molar-refractivity contribution in [2.24, 2.45) is 5.92 Å². The number of hydrogen-bond donors (Lipinski definition) is 0. The molecule has 0 aromatic heterocycles. The van der Waals surface area contributed by atoms with Gasteiger partial charge >= 0.3 is 0 Å². The zero-order valence-electron chi connectivity index (χ0n) is 9.11. The Hall–Kier alpha value is -0.0800. The highest BCUT2D eigenvalue weighted by atomic mass is 16.5. The molecule has 0 radical (unpaired) electrons. The van der Waals surface area contributed by atoms with Gasteiger partial charge in [-0.05, 0) is 32.6 Å². The molecule has 1 saturated carbocycles. The Kier molecular flexibility index (Phi) is 2.29. The maximum Gasteiger partial charge on any atom is 0.0998 e. The third-order valence-electron chi connectivity index (χ3n) is 4.55. The van der Waals surface area contributed by atoms with Gasteiger partial charge in [-0.2, -0.15) is 0 Å². The number of ether oxygens (including phenoxy) is 1. The quantitative estimate of drug-likeness (QED) is 0.588. The van der Waals surface area contributed by atoms with Crippen LogP contribution in [-0.2, 0) is 4.74 Å². The summed E-state index contributed by atoms with van der Waals surface area (Å²) < 4.78 is 5.97. The van der Waals surface area contributed by atoms with Gasteiger partial charge in [0.25, 0.3) is 0 Å². The van der Waals surface area contributed by atoms with Crippen molar-refractivity contribution in [2.75, 3.05) is 6.73 Å². The van der Waals surface area contributed by atoms with E-state index in [4.69, 9.17) is 4.74 Å². The first-order valence-corrected chi connectivity index (χ1v) is 6.23. The van der Waals surface area contributed by atoms with Crippen LogP contribution in [0.4, 0.5) is 0 Å². The van der Waals surface area contributed by atoms with E-state index in [0.29, 0.717) is 6.10 Å². The molecule has 0 aromatic carbocycles. The molecule has 2 aliphatic heterocycles. The van der Waals surface area contributed by atoms with Gasteiger partial charge in [0.05, 0.1) is 12.8 Å². The minimum Gasteiger partial charge on any atom is -0.362 e. The molecule has 2 heterocycles. The first kappa shape index (κ1) is 9.17. The second-order valence-corrected chi connectivity index (χ2v) is 5.29. The molecular formula is C12H21NO. The fourth-order valence-electron chi connectivity index (χ4n) is 3.75. The van der Waals surface area contributed by atoms with Crippen LogP contribution in [-0.4, -0.2) is 29.8 Å². The maximum atomic E-state index is 5.97. The lowest BCUT2D eigenvalue weighted by molar-refractivity contribution is -0.148. The predicted octanol–water partition coefficient (Wildman–Crippen LogP) is 2.39. The molecule has 2 nitrogen and oxygen atoms in total. The van der Waals surface area contributed by atoms with Crippen LogP contribution >= 0.6 is 0 Å². The molecule has 3 aliphatic rings. The van der Waals surface area contributed by atoms with Gasteiger partial charge in [0.1, 0.15) is 0 Å². The molecule has 3 rings (SSSR count). The summed E-state index contributed by atoms with van der Waals surface area (Å²) in [5.41, 5.74) is 0. The van der Waals surface area contributed by atoms with Gasteiger partial charge in [-0.3, -0.25) is 4.90 Å². The molecule has 0 aromatic rings. The Morgan fingerprint density at radius 3 is 2.86 bits per heavy atom. The number of fused-ring (bicyclic) bond motifs is 3. The maximum absolute atomic E-state index is 5.97. The molecule has 14 heavy (non-hydrogen) atoms. The van der Waals surface area contributed by atoms with E-state index < -0.39 is 0 Å². The van der Waals surface area contributed by atoms with Crippen molar-refractivity contribution >= 4 is 0 Å². The highest BCUT2D eigenvalue weighted by molar-refractivity contribution is 4.95. The van der Waals surface area contributed by atoms with E-state index in [1.54, 1.807) is 0 Å². The Bertz CT molecular complexity index is 216. The van der Waals surface area contributed by atoms with Crippen molar-refractivity contribution in [2.45, 2.75) is 63.6 Å². The lowest BCUT2D eigenvalue weighted by atomic mass is 9.85. The largest absolute Gasteiger partial charge is 0.362 e. The van der Waals surface area contributed by atoms with E-state index in [-0.39, 0.29) is 0 Å². The number of rotatable bonds is 0.